The van der Waals surface area contributed by atoms with E-state index in [0.717, 1.165) is 31.9 Å². The summed E-state index contributed by atoms with van der Waals surface area (Å²) in [5.74, 6) is 0.128. The van der Waals surface area contributed by atoms with Gasteiger partial charge in [-0.05, 0) is 18.6 Å². The van der Waals surface area contributed by atoms with Gasteiger partial charge in [-0.2, -0.15) is 0 Å². The Morgan fingerprint density at radius 1 is 1.19 bits per heavy atom. The lowest BCUT2D eigenvalue weighted by Gasteiger charge is -2.36. The predicted octanol–water partition coefficient (Wildman–Crippen LogP) is 0.646. The number of rotatable bonds is 5. The topological polar surface area (TPSA) is 65.5 Å². The third kappa shape index (κ3) is 4.73. The highest BCUT2D eigenvalue weighted by Crippen LogP contribution is 2.15. The van der Waals surface area contributed by atoms with Crippen LogP contribution in [-0.4, -0.2) is 54.4 Å². The van der Waals surface area contributed by atoms with Gasteiger partial charge in [0.25, 0.3) is 0 Å². The Morgan fingerprint density at radius 2 is 1.86 bits per heavy atom. The van der Waals surface area contributed by atoms with Crippen molar-refractivity contribution in [1.29, 1.82) is 0 Å². The number of anilines is 1. The minimum atomic E-state index is -0.0478. The van der Waals surface area contributed by atoms with E-state index in [1.165, 1.54) is 6.92 Å². The van der Waals surface area contributed by atoms with Gasteiger partial charge in [0.05, 0.1) is 0 Å². The molecule has 0 aromatic carbocycles. The minimum Gasteiger partial charge on any atom is -0.368 e. The van der Waals surface area contributed by atoms with Crippen molar-refractivity contribution in [2.24, 2.45) is 0 Å². The number of pyridine rings is 1. The largest absolute Gasteiger partial charge is 0.368 e. The Hall–Kier alpha value is -2.11. The smallest absolute Gasteiger partial charge is 0.222 e. The van der Waals surface area contributed by atoms with E-state index in [4.69, 9.17) is 0 Å². The van der Waals surface area contributed by atoms with Crippen molar-refractivity contribution in [2.45, 2.75) is 19.8 Å². The van der Waals surface area contributed by atoms with E-state index in [9.17, 15) is 9.59 Å². The van der Waals surface area contributed by atoms with Gasteiger partial charge in [-0.15, -0.1) is 0 Å². The molecule has 1 aliphatic rings. The quantitative estimate of drug-likeness (QED) is 0.809. The summed E-state index contributed by atoms with van der Waals surface area (Å²) in [5.41, 5.74) is 1.16. The van der Waals surface area contributed by atoms with Crippen molar-refractivity contribution >= 4 is 17.5 Å². The Bertz CT molecular complexity index is 470. The van der Waals surface area contributed by atoms with Crippen LogP contribution in [0.25, 0.3) is 0 Å². The lowest BCUT2D eigenvalue weighted by molar-refractivity contribution is -0.131. The fourth-order valence-corrected chi connectivity index (χ4v) is 2.43. The van der Waals surface area contributed by atoms with Gasteiger partial charge >= 0.3 is 0 Å². The molecule has 2 rings (SSSR count). The zero-order chi connectivity index (χ0) is 15.1. The van der Waals surface area contributed by atoms with Gasteiger partial charge in [0.15, 0.2) is 0 Å². The third-order valence-electron chi connectivity index (χ3n) is 3.60. The van der Waals surface area contributed by atoms with Crippen LogP contribution in [0.4, 0.5) is 5.69 Å². The van der Waals surface area contributed by atoms with Gasteiger partial charge in [0, 0.05) is 64.1 Å². The normalized spacial score (nSPS) is 14.9. The molecule has 1 saturated heterocycles. The number of nitrogens with zero attached hydrogens (tertiary/aromatic N) is 3. The number of aromatic nitrogens is 1. The predicted molar refractivity (Wildman–Crippen MR) is 80.9 cm³/mol. The average molecular weight is 290 g/mol. The van der Waals surface area contributed by atoms with Gasteiger partial charge < -0.3 is 15.1 Å². The van der Waals surface area contributed by atoms with Crippen LogP contribution in [0.2, 0.25) is 0 Å². The van der Waals surface area contributed by atoms with Crippen LogP contribution in [0.1, 0.15) is 19.8 Å². The first-order valence-electron chi connectivity index (χ1n) is 7.34. The molecule has 1 fully saturated rings. The summed E-state index contributed by atoms with van der Waals surface area (Å²) in [6, 6.07) is 3.98. The summed E-state index contributed by atoms with van der Waals surface area (Å²) in [6.07, 6.45) is 4.77. The fourth-order valence-electron chi connectivity index (χ4n) is 2.43. The Balaban J connectivity index is 1.71. The van der Waals surface area contributed by atoms with Gasteiger partial charge in [0.1, 0.15) is 0 Å². The molecule has 0 atom stereocenters. The summed E-state index contributed by atoms with van der Waals surface area (Å²) >= 11 is 0. The van der Waals surface area contributed by atoms with Crippen LogP contribution < -0.4 is 10.2 Å². The highest BCUT2D eigenvalue weighted by atomic mass is 16.2. The second-order valence-electron chi connectivity index (χ2n) is 5.16. The lowest BCUT2D eigenvalue weighted by Crippen LogP contribution is -2.48. The zero-order valence-electron chi connectivity index (χ0n) is 12.4. The van der Waals surface area contributed by atoms with Crippen molar-refractivity contribution in [3.05, 3.63) is 24.5 Å². The van der Waals surface area contributed by atoms with E-state index < -0.39 is 0 Å². The van der Waals surface area contributed by atoms with E-state index in [2.05, 4.69) is 15.2 Å². The van der Waals surface area contributed by atoms with Crippen molar-refractivity contribution in [3.63, 3.8) is 0 Å². The summed E-state index contributed by atoms with van der Waals surface area (Å²) in [7, 11) is 0. The standard InChI is InChI=1S/C15H22N4O2/c1-13(20)17-6-2-3-15(21)19-11-9-18(10-12-19)14-4-7-16-8-5-14/h4-5,7-8H,2-3,6,9-12H2,1H3,(H,17,20). The van der Waals surface area contributed by atoms with Crippen LogP contribution in [0.3, 0.4) is 0 Å². The average Bonchev–Trinajstić information content (AvgIpc) is 2.52. The molecule has 0 bridgehead atoms. The number of carbonyl (C=O) groups excluding carboxylic acids is 2. The van der Waals surface area contributed by atoms with E-state index >= 15 is 0 Å². The Morgan fingerprint density at radius 3 is 2.48 bits per heavy atom. The van der Waals surface area contributed by atoms with Crippen LogP contribution in [0.5, 0.6) is 0 Å². The molecular formula is C15H22N4O2. The van der Waals surface area contributed by atoms with Crippen molar-refractivity contribution in [1.82, 2.24) is 15.2 Å². The summed E-state index contributed by atoms with van der Waals surface area (Å²) in [6.45, 7) is 5.25. The molecule has 0 radical (unpaired) electrons. The van der Waals surface area contributed by atoms with Crippen LogP contribution >= 0.6 is 0 Å². The Kier molecular flexibility index (Phi) is 5.54. The van der Waals surface area contributed by atoms with E-state index in [1.807, 2.05) is 17.0 Å². The first kappa shape index (κ1) is 15.3. The number of amides is 2. The molecule has 1 N–H and O–H groups in total. The maximum absolute atomic E-state index is 12.1. The summed E-state index contributed by atoms with van der Waals surface area (Å²) in [4.78, 5) is 31.0. The van der Waals surface area contributed by atoms with Crippen LogP contribution in [-0.2, 0) is 9.59 Å². The molecule has 2 heterocycles. The van der Waals surface area contributed by atoms with Crippen LogP contribution in [0, 0.1) is 0 Å². The van der Waals surface area contributed by atoms with Gasteiger partial charge in [0.2, 0.25) is 11.8 Å². The number of carbonyl (C=O) groups is 2. The maximum Gasteiger partial charge on any atom is 0.222 e. The molecular weight excluding hydrogens is 268 g/mol. The fraction of sp³-hybridized carbons (Fsp3) is 0.533. The molecule has 0 aliphatic carbocycles. The van der Waals surface area contributed by atoms with Crippen molar-refractivity contribution < 1.29 is 9.59 Å². The molecule has 1 aliphatic heterocycles. The molecule has 0 spiro atoms. The van der Waals surface area contributed by atoms with E-state index in [1.54, 1.807) is 12.4 Å². The zero-order valence-corrected chi connectivity index (χ0v) is 12.4. The maximum atomic E-state index is 12.1. The lowest BCUT2D eigenvalue weighted by atomic mass is 10.2. The number of nitrogens with one attached hydrogen (secondary N) is 1. The van der Waals surface area contributed by atoms with E-state index in [-0.39, 0.29) is 11.8 Å². The molecule has 2 amide bonds. The molecule has 1 aromatic heterocycles. The van der Waals surface area contributed by atoms with Gasteiger partial charge in [-0.1, -0.05) is 0 Å². The van der Waals surface area contributed by atoms with Crippen molar-refractivity contribution in [2.75, 3.05) is 37.6 Å². The molecule has 6 nitrogen and oxygen atoms in total. The van der Waals surface area contributed by atoms with Gasteiger partial charge in [-0.3, -0.25) is 14.6 Å². The van der Waals surface area contributed by atoms with Crippen LogP contribution in [0.15, 0.2) is 24.5 Å². The number of piperazine rings is 1. The van der Waals surface area contributed by atoms with E-state index in [0.29, 0.717) is 19.4 Å². The van der Waals surface area contributed by atoms with Crippen molar-refractivity contribution in [3.8, 4) is 0 Å². The second kappa shape index (κ2) is 7.61. The number of hydrogen-bond acceptors (Lipinski definition) is 4. The first-order chi connectivity index (χ1) is 10.2. The molecule has 0 saturated carbocycles. The molecule has 0 unspecified atom stereocenters. The molecule has 21 heavy (non-hydrogen) atoms. The minimum absolute atomic E-state index is 0.0478. The Labute approximate surface area is 125 Å². The number of hydrogen-bond donors (Lipinski definition) is 1. The van der Waals surface area contributed by atoms with Gasteiger partial charge in [-0.25, -0.2) is 0 Å². The monoisotopic (exact) mass is 290 g/mol. The third-order valence-corrected chi connectivity index (χ3v) is 3.60. The molecule has 1 aromatic rings. The highest BCUT2D eigenvalue weighted by molar-refractivity contribution is 5.76. The second-order valence-corrected chi connectivity index (χ2v) is 5.16. The molecule has 114 valence electrons. The summed E-state index contributed by atoms with van der Waals surface area (Å²) in [5, 5.41) is 2.71. The highest BCUT2D eigenvalue weighted by Gasteiger charge is 2.20. The first-order valence-corrected chi connectivity index (χ1v) is 7.34. The summed E-state index contributed by atoms with van der Waals surface area (Å²) < 4.78 is 0. The molecule has 6 heteroatoms. The SMILES string of the molecule is CC(=O)NCCCC(=O)N1CCN(c2ccncc2)CC1.